The number of hydrogen-bond acceptors (Lipinski definition) is 3. The van der Waals surface area contributed by atoms with Crippen LogP contribution in [0.15, 0.2) is 0 Å². The second-order valence-electron chi connectivity index (χ2n) is 8.32. The Morgan fingerprint density at radius 1 is 0.800 bits per heavy atom. The predicted molar refractivity (Wildman–Crippen MR) is 90.7 cm³/mol. The highest BCUT2D eigenvalue weighted by Crippen LogP contribution is 2.41. The van der Waals surface area contributed by atoms with E-state index in [-0.39, 0.29) is 29.7 Å². The van der Waals surface area contributed by atoms with E-state index in [2.05, 4.69) is 0 Å². The summed E-state index contributed by atoms with van der Waals surface area (Å²) in [5.41, 5.74) is 0. The summed E-state index contributed by atoms with van der Waals surface area (Å²) in [7, 11) is 0. The SMILES string of the molecule is O=C(O)[C@@H]1C[C@H]2CCCC[C@H]2N1C(=O)C1CCN(C(=O)C2CC2)CC1. The summed E-state index contributed by atoms with van der Waals surface area (Å²) < 4.78 is 0. The average molecular weight is 348 g/mol. The summed E-state index contributed by atoms with van der Waals surface area (Å²) in [6, 6.07) is -0.528. The van der Waals surface area contributed by atoms with Gasteiger partial charge in [-0.1, -0.05) is 12.8 Å². The Morgan fingerprint density at radius 2 is 1.44 bits per heavy atom. The molecule has 0 aromatic carbocycles. The average Bonchev–Trinajstić information content (AvgIpc) is 3.40. The largest absolute Gasteiger partial charge is 0.480 e. The van der Waals surface area contributed by atoms with Crippen LogP contribution >= 0.6 is 0 Å². The first-order valence-corrected chi connectivity index (χ1v) is 9.90. The molecular formula is C19H28N2O4. The van der Waals surface area contributed by atoms with Crippen LogP contribution < -0.4 is 0 Å². The van der Waals surface area contributed by atoms with Crippen molar-refractivity contribution >= 4 is 17.8 Å². The second kappa shape index (κ2) is 6.61. The van der Waals surface area contributed by atoms with Crippen molar-refractivity contribution in [2.75, 3.05) is 13.1 Å². The molecule has 3 atom stereocenters. The van der Waals surface area contributed by atoms with Gasteiger partial charge in [0.15, 0.2) is 0 Å². The first-order chi connectivity index (χ1) is 12.1. The van der Waals surface area contributed by atoms with E-state index in [0.29, 0.717) is 38.3 Å². The van der Waals surface area contributed by atoms with Crippen molar-refractivity contribution in [3.05, 3.63) is 0 Å². The Kier molecular flexibility index (Phi) is 4.46. The van der Waals surface area contributed by atoms with Crippen LogP contribution in [0.5, 0.6) is 0 Å². The molecule has 2 saturated heterocycles. The lowest BCUT2D eigenvalue weighted by atomic mass is 9.84. The minimum absolute atomic E-state index is 0.0281. The maximum absolute atomic E-state index is 13.2. The highest BCUT2D eigenvalue weighted by atomic mass is 16.4. The molecule has 6 nitrogen and oxygen atoms in total. The van der Waals surface area contributed by atoms with Gasteiger partial charge in [0, 0.05) is 31.0 Å². The molecule has 2 amide bonds. The summed E-state index contributed by atoms with van der Waals surface area (Å²) in [6.07, 6.45) is 8.22. The van der Waals surface area contributed by atoms with E-state index in [1.807, 2.05) is 4.90 Å². The Hall–Kier alpha value is -1.59. The topological polar surface area (TPSA) is 77.9 Å². The summed E-state index contributed by atoms with van der Waals surface area (Å²) in [4.78, 5) is 40.7. The van der Waals surface area contributed by atoms with Crippen molar-refractivity contribution < 1.29 is 19.5 Å². The van der Waals surface area contributed by atoms with Crippen LogP contribution in [0.25, 0.3) is 0 Å². The van der Waals surface area contributed by atoms with Crippen molar-refractivity contribution in [3.63, 3.8) is 0 Å². The zero-order valence-corrected chi connectivity index (χ0v) is 14.7. The summed E-state index contributed by atoms with van der Waals surface area (Å²) >= 11 is 0. The highest BCUT2D eigenvalue weighted by Gasteiger charge is 2.49. The van der Waals surface area contributed by atoms with Crippen molar-refractivity contribution in [1.82, 2.24) is 9.80 Å². The number of carboxylic acids is 1. The summed E-state index contributed by atoms with van der Waals surface area (Å²) in [5.74, 6) is -0.112. The van der Waals surface area contributed by atoms with E-state index in [0.717, 1.165) is 38.5 Å². The minimum Gasteiger partial charge on any atom is -0.480 e. The minimum atomic E-state index is -0.857. The molecule has 0 unspecified atom stereocenters. The lowest BCUT2D eigenvalue weighted by Gasteiger charge is -2.38. The Labute approximate surface area is 148 Å². The molecule has 0 aromatic rings. The van der Waals surface area contributed by atoms with Gasteiger partial charge in [0.25, 0.3) is 0 Å². The van der Waals surface area contributed by atoms with Crippen LogP contribution in [-0.2, 0) is 14.4 Å². The van der Waals surface area contributed by atoms with E-state index >= 15 is 0 Å². The maximum atomic E-state index is 13.2. The number of likely N-dealkylation sites (tertiary alicyclic amines) is 2. The number of aliphatic carboxylic acids is 1. The molecular weight excluding hydrogens is 320 g/mol. The van der Waals surface area contributed by atoms with Crippen LogP contribution in [0.1, 0.15) is 57.8 Å². The molecule has 2 aliphatic carbocycles. The van der Waals surface area contributed by atoms with Crippen LogP contribution in [0, 0.1) is 17.8 Å². The van der Waals surface area contributed by atoms with Gasteiger partial charge in [-0.3, -0.25) is 9.59 Å². The molecule has 4 rings (SSSR count). The van der Waals surface area contributed by atoms with Gasteiger partial charge in [0.05, 0.1) is 0 Å². The molecule has 2 heterocycles. The van der Waals surface area contributed by atoms with Crippen molar-refractivity contribution in [1.29, 1.82) is 0 Å². The number of piperidine rings is 1. The Balaban J connectivity index is 1.42. The fourth-order valence-corrected chi connectivity index (χ4v) is 5.14. The maximum Gasteiger partial charge on any atom is 0.326 e. The van der Waals surface area contributed by atoms with Gasteiger partial charge in [-0.25, -0.2) is 4.79 Å². The fraction of sp³-hybridized carbons (Fsp3) is 0.842. The molecule has 1 N–H and O–H groups in total. The van der Waals surface area contributed by atoms with Gasteiger partial charge >= 0.3 is 5.97 Å². The lowest BCUT2D eigenvalue weighted by molar-refractivity contribution is -0.153. The van der Waals surface area contributed by atoms with Crippen LogP contribution in [0.4, 0.5) is 0 Å². The molecule has 0 spiro atoms. The third kappa shape index (κ3) is 3.15. The van der Waals surface area contributed by atoms with Gasteiger partial charge in [-0.2, -0.15) is 0 Å². The first kappa shape index (κ1) is 16.9. The van der Waals surface area contributed by atoms with E-state index in [9.17, 15) is 19.5 Å². The van der Waals surface area contributed by atoms with E-state index in [4.69, 9.17) is 0 Å². The third-order valence-corrected chi connectivity index (χ3v) is 6.71. The zero-order chi connectivity index (χ0) is 17.6. The van der Waals surface area contributed by atoms with Crippen molar-refractivity contribution in [2.45, 2.75) is 69.9 Å². The number of carbonyl (C=O) groups excluding carboxylic acids is 2. The third-order valence-electron chi connectivity index (χ3n) is 6.71. The van der Waals surface area contributed by atoms with Gasteiger partial charge in [0.2, 0.25) is 11.8 Å². The van der Waals surface area contributed by atoms with Crippen molar-refractivity contribution in [3.8, 4) is 0 Å². The summed E-state index contributed by atoms with van der Waals surface area (Å²) in [5, 5.41) is 9.61. The molecule has 138 valence electrons. The molecule has 2 aliphatic heterocycles. The molecule has 0 bridgehead atoms. The van der Waals surface area contributed by atoms with Crippen LogP contribution in [-0.4, -0.2) is 57.9 Å². The number of nitrogens with zero attached hydrogens (tertiary/aromatic N) is 2. The lowest BCUT2D eigenvalue weighted by Crippen LogP contribution is -2.51. The number of hydrogen-bond donors (Lipinski definition) is 1. The Morgan fingerprint density at radius 3 is 2.08 bits per heavy atom. The van der Waals surface area contributed by atoms with E-state index in [1.165, 1.54) is 0 Å². The monoisotopic (exact) mass is 348 g/mol. The number of carboxylic acid groups (broad SMARTS) is 1. The first-order valence-electron chi connectivity index (χ1n) is 9.90. The van der Waals surface area contributed by atoms with Crippen molar-refractivity contribution in [2.24, 2.45) is 17.8 Å². The molecule has 2 saturated carbocycles. The fourth-order valence-electron chi connectivity index (χ4n) is 5.14. The molecule has 25 heavy (non-hydrogen) atoms. The van der Waals surface area contributed by atoms with Gasteiger partial charge in [0.1, 0.15) is 6.04 Å². The van der Waals surface area contributed by atoms with Gasteiger partial charge < -0.3 is 14.9 Å². The number of fused-ring (bicyclic) bond motifs is 1. The molecule has 6 heteroatoms. The Bertz CT molecular complexity index is 566. The van der Waals surface area contributed by atoms with E-state index in [1.54, 1.807) is 4.90 Å². The van der Waals surface area contributed by atoms with Gasteiger partial charge in [-0.05, 0) is 50.9 Å². The highest BCUT2D eigenvalue weighted by molar-refractivity contribution is 5.87. The number of rotatable bonds is 3. The molecule has 4 aliphatic rings. The van der Waals surface area contributed by atoms with Gasteiger partial charge in [-0.15, -0.1) is 0 Å². The number of carbonyl (C=O) groups is 3. The molecule has 0 aromatic heterocycles. The predicted octanol–water partition coefficient (Wildman–Crippen LogP) is 1.88. The molecule has 0 radical (unpaired) electrons. The smallest absolute Gasteiger partial charge is 0.326 e. The standard InChI is InChI=1S/C19H28N2O4/c22-17(12-5-6-12)20-9-7-13(8-10-20)18(23)21-15-4-2-1-3-14(15)11-16(21)19(24)25/h12-16H,1-11H2,(H,24,25)/t14-,15-,16+/m1/s1. The quantitative estimate of drug-likeness (QED) is 0.845. The number of amides is 2. The van der Waals surface area contributed by atoms with Crippen LogP contribution in [0.3, 0.4) is 0 Å². The zero-order valence-electron chi connectivity index (χ0n) is 14.7. The van der Waals surface area contributed by atoms with E-state index < -0.39 is 12.0 Å². The van der Waals surface area contributed by atoms with Crippen LogP contribution in [0.2, 0.25) is 0 Å². The summed E-state index contributed by atoms with van der Waals surface area (Å²) in [6.45, 7) is 1.29. The molecule has 4 fully saturated rings. The second-order valence-corrected chi connectivity index (χ2v) is 8.32. The normalized spacial score (nSPS) is 33.2.